The van der Waals surface area contributed by atoms with Gasteiger partial charge < -0.3 is 4.90 Å². The Morgan fingerprint density at radius 3 is 2.68 bits per heavy atom. The van der Waals surface area contributed by atoms with E-state index in [4.69, 9.17) is 0 Å². The molecule has 0 atom stereocenters. The van der Waals surface area contributed by atoms with Crippen molar-refractivity contribution < 1.29 is 4.79 Å². The second-order valence-electron chi connectivity index (χ2n) is 7.94. The minimum Gasteiger partial charge on any atom is -0.345 e. The van der Waals surface area contributed by atoms with Gasteiger partial charge in [-0.25, -0.2) is 0 Å². The highest BCUT2D eigenvalue weighted by Crippen LogP contribution is 2.19. The highest BCUT2D eigenvalue weighted by molar-refractivity contribution is 5.87. The number of H-pyrrole nitrogens is 1. The Labute approximate surface area is 183 Å². The monoisotopic (exact) mass is 412 g/mol. The molecule has 0 radical (unpaired) electrons. The maximum absolute atomic E-state index is 12.7. The first-order valence-corrected chi connectivity index (χ1v) is 10.9. The van der Waals surface area contributed by atoms with Gasteiger partial charge in [0, 0.05) is 36.4 Å². The van der Waals surface area contributed by atoms with E-state index in [1.807, 2.05) is 60.5 Å². The van der Waals surface area contributed by atoms with Gasteiger partial charge in [-0.1, -0.05) is 61.0 Å². The molecule has 0 saturated heterocycles. The van der Waals surface area contributed by atoms with E-state index in [1.165, 1.54) is 0 Å². The van der Waals surface area contributed by atoms with Crippen molar-refractivity contribution in [2.45, 2.75) is 32.1 Å². The Morgan fingerprint density at radius 1 is 0.968 bits per heavy atom. The number of hydrogen-bond donors (Lipinski definition) is 1. The fourth-order valence-corrected chi connectivity index (χ4v) is 3.82. The van der Waals surface area contributed by atoms with Crippen LogP contribution < -0.4 is 0 Å². The lowest BCUT2D eigenvalue weighted by atomic mass is 10.1. The van der Waals surface area contributed by atoms with Gasteiger partial charge in [0.15, 0.2) is 0 Å². The molecule has 0 fully saturated rings. The Morgan fingerprint density at radius 2 is 1.81 bits per heavy atom. The smallest absolute Gasteiger partial charge is 0.226 e. The molecule has 0 saturated carbocycles. The fraction of sp³-hybridized carbons (Fsp3) is 0.269. The van der Waals surface area contributed by atoms with E-state index >= 15 is 0 Å². The minimum absolute atomic E-state index is 0.138. The summed E-state index contributed by atoms with van der Waals surface area (Å²) >= 11 is 0. The predicted molar refractivity (Wildman–Crippen MR) is 125 cm³/mol. The van der Waals surface area contributed by atoms with Crippen LogP contribution in [0.25, 0.3) is 22.2 Å². The SMILES string of the molecule is CN(CCCCCc1cc(-c2ccccc2)n[nH]1)C(=O)Cc1cccc2cccnc12. The first-order chi connectivity index (χ1) is 15.2. The van der Waals surface area contributed by atoms with Crippen LogP contribution in [0.4, 0.5) is 0 Å². The highest BCUT2D eigenvalue weighted by Gasteiger charge is 2.12. The zero-order chi connectivity index (χ0) is 21.5. The number of likely N-dealkylation sites (N-methyl/N-ethyl adjacent to an activating group) is 1. The van der Waals surface area contributed by atoms with Gasteiger partial charge in [0.1, 0.15) is 0 Å². The predicted octanol–water partition coefficient (Wildman–Crippen LogP) is 5.04. The summed E-state index contributed by atoms with van der Waals surface area (Å²) in [5, 5.41) is 8.63. The van der Waals surface area contributed by atoms with Crippen LogP contribution in [0.2, 0.25) is 0 Å². The van der Waals surface area contributed by atoms with Crippen LogP contribution in [-0.2, 0) is 17.6 Å². The molecule has 0 aliphatic rings. The number of amides is 1. The lowest BCUT2D eigenvalue weighted by Crippen LogP contribution is -2.29. The number of carbonyl (C=O) groups is 1. The average molecular weight is 413 g/mol. The van der Waals surface area contributed by atoms with E-state index in [2.05, 4.69) is 33.4 Å². The van der Waals surface area contributed by atoms with Crippen LogP contribution in [-0.4, -0.2) is 39.6 Å². The van der Waals surface area contributed by atoms with Gasteiger partial charge in [0.05, 0.1) is 17.6 Å². The van der Waals surface area contributed by atoms with Gasteiger partial charge in [-0.05, 0) is 37.0 Å². The molecular formula is C26H28N4O. The number of nitrogens with one attached hydrogen (secondary N) is 1. The van der Waals surface area contributed by atoms with Gasteiger partial charge in [-0.3, -0.25) is 14.9 Å². The third kappa shape index (κ3) is 5.37. The molecule has 1 amide bonds. The lowest BCUT2D eigenvalue weighted by molar-refractivity contribution is -0.129. The number of nitrogens with zero attached hydrogens (tertiary/aromatic N) is 3. The van der Waals surface area contributed by atoms with Gasteiger partial charge in [-0.15, -0.1) is 0 Å². The summed E-state index contributed by atoms with van der Waals surface area (Å²) in [6.07, 6.45) is 6.29. The maximum Gasteiger partial charge on any atom is 0.226 e. The number of benzene rings is 2. The first-order valence-electron chi connectivity index (χ1n) is 10.9. The van der Waals surface area contributed by atoms with Crippen LogP contribution >= 0.6 is 0 Å². The molecule has 2 aromatic carbocycles. The Balaban J connectivity index is 1.20. The average Bonchev–Trinajstić information content (AvgIpc) is 3.28. The molecule has 5 nitrogen and oxygen atoms in total. The third-order valence-electron chi connectivity index (χ3n) is 5.62. The largest absolute Gasteiger partial charge is 0.345 e. The van der Waals surface area contributed by atoms with E-state index in [9.17, 15) is 4.79 Å². The summed E-state index contributed by atoms with van der Waals surface area (Å²) in [5.74, 6) is 0.138. The molecule has 0 bridgehead atoms. The quantitative estimate of drug-likeness (QED) is 0.392. The van der Waals surface area contributed by atoms with Crippen molar-refractivity contribution in [3.05, 3.63) is 84.2 Å². The molecule has 31 heavy (non-hydrogen) atoms. The van der Waals surface area contributed by atoms with Crippen molar-refractivity contribution in [2.24, 2.45) is 0 Å². The number of unbranched alkanes of at least 4 members (excludes halogenated alkanes) is 2. The van der Waals surface area contributed by atoms with Crippen molar-refractivity contribution in [3.63, 3.8) is 0 Å². The van der Waals surface area contributed by atoms with Gasteiger partial charge in [0.25, 0.3) is 0 Å². The molecule has 4 rings (SSSR count). The molecule has 2 heterocycles. The van der Waals surface area contributed by atoms with Gasteiger partial charge >= 0.3 is 0 Å². The second-order valence-corrected chi connectivity index (χ2v) is 7.94. The minimum atomic E-state index is 0.138. The van der Waals surface area contributed by atoms with Gasteiger partial charge in [0.2, 0.25) is 5.91 Å². The number of carbonyl (C=O) groups excluding carboxylic acids is 1. The number of pyridine rings is 1. The van der Waals surface area contributed by atoms with Crippen molar-refractivity contribution in [2.75, 3.05) is 13.6 Å². The van der Waals surface area contributed by atoms with Crippen LogP contribution in [0.1, 0.15) is 30.5 Å². The fourth-order valence-electron chi connectivity index (χ4n) is 3.82. The zero-order valence-corrected chi connectivity index (χ0v) is 17.9. The van der Waals surface area contributed by atoms with E-state index in [1.54, 1.807) is 6.20 Å². The molecule has 0 unspecified atom stereocenters. The molecule has 0 spiro atoms. The molecule has 0 aliphatic heterocycles. The zero-order valence-electron chi connectivity index (χ0n) is 17.9. The van der Waals surface area contributed by atoms with E-state index in [-0.39, 0.29) is 5.91 Å². The lowest BCUT2D eigenvalue weighted by Gasteiger charge is -2.17. The number of hydrogen-bond acceptors (Lipinski definition) is 3. The number of aromatic amines is 1. The van der Waals surface area contributed by atoms with Crippen LogP contribution in [0.5, 0.6) is 0 Å². The Kier molecular flexibility index (Phi) is 6.72. The molecule has 5 heteroatoms. The molecule has 158 valence electrons. The number of fused-ring (bicyclic) bond motifs is 1. The number of aromatic nitrogens is 3. The van der Waals surface area contributed by atoms with E-state index in [0.29, 0.717) is 6.42 Å². The summed E-state index contributed by atoms with van der Waals surface area (Å²) in [6.45, 7) is 0.773. The van der Waals surface area contributed by atoms with Crippen LogP contribution in [0, 0.1) is 0 Å². The summed E-state index contributed by atoms with van der Waals surface area (Å²) < 4.78 is 0. The highest BCUT2D eigenvalue weighted by atomic mass is 16.2. The van der Waals surface area contributed by atoms with Gasteiger partial charge in [-0.2, -0.15) is 5.10 Å². The number of aryl methyl sites for hydroxylation is 1. The molecule has 2 aromatic heterocycles. The summed E-state index contributed by atoms with van der Waals surface area (Å²) in [5.41, 5.74) is 5.19. The van der Waals surface area contributed by atoms with Crippen LogP contribution in [0.15, 0.2) is 72.9 Å². The number of para-hydroxylation sites is 1. The second kappa shape index (κ2) is 10.0. The van der Waals surface area contributed by atoms with Crippen LogP contribution in [0.3, 0.4) is 0 Å². The molecular weight excluding hydrogens is 384 g/mol. The maximum atomic E-state index is 12.7. The summed E-state index contributed by atoms with van der Waals surface area (Å²) in [4.78, 5) is 19.0. The van der Waals surface area contributed by atoms with Crippen molar-refractivity contribution in [1.29, 1.82) is 0 Å². The summed E-state index contributed by atoms with van der Waals surface area (Å²) in [7, 11) is 1.89. The normalized spacial score (nSPS) is 11.0. The van der Waals surface area contributed by atoms with Crippen molar-refractivity contribution >= 4 is 16.8 Å². The van der Waals surface area contributed by atoms with E-state index < -0.39 is 0 Å². The summed E-state index contributed by atoms with van der Waals surface area (Å²) in [6, 6.07) is 22.3. The van der Waals surface area contributed by atoms with Crippen molar-refractivity contribution in [3.8, 4) is 11.3 Å². The third-order valence-corrected chi connectivity index (χ3v) is 5.62. The first kappa shape index (κ1) is 20.8. The van der Waals surface area contributed by atoms with Crippen molar-refractivity contribution in [1.82, 2.24) is 20.1 Å². The number of rotatable bonds is 9. The van der Waals surface area contributed by atoms with E-state index in [0.717, 1.165) is 65.6 Å². The molecule has 4 aromatic rings. The Hall–Kier alpha value is -3.47. The topological polar surface area (TPSA) is 61.9 Å². The molecule has 0 aliphatic carbocycles. The molecule has 1 N–H and O–H groups in total. The Bertz CT molecular complexity index is 1130. The standard InChI is InChI=1S/C26H28N4O/c1-30(25(31)18-22-13-8-12-21-14-9-16-27-26(21)22)17-7-3-6-15-23-19-24(29-28-23)20-10-4-2-5-11-20/h2,4-5,8-14,16,19H,3,6-7,15,17-18H2,1H3,(H,28,29).